The number of rotatable bonds is 15. The van der Waals surface area contributed by atoms with E-state index in [9.17, 15) is 15.5 Å². The van der Waals surface area contributed by atoms with Gasteiger partial charge in [0.2, 0.25) is 0 Å². The van der Waals surface area contributed by atoms with E-state index in [1.54, 1.807) is 50.3 Å². The lowest BCUT2D eigenvalue weighted by atomic mass is 9.81. The van der Waals surface area contributed by atoms with E-state index in [2.05, 4.69) is 13.2 Å². The van der Waals surface area contributed by atoms with E-state index in [0.29, 0.717) is 15.9 Å². The van der Waals surface area contributed by atoms with Gasteiger partial charge in [0.15, 0.2) is 42.3 Å². The van der Waals surface area contributed by atoms with Crippen molar-refractivity contribution in [1.29, 1.82) is 0 Å². The lowest BCUT2D eigenvalue weighted by Crippen LogP contribution is -2.47. The Labute approximate surface area is 236 Å². The fraction of sp³-hybridized carbons (Fsp3) is 0.273. The molecule has 7 nitrogen and oxygen atoms in total. The maximum absolute atomic E-state index is 13.7. The van der Waals surface area contributed by atoms with Crippen molar-refractivity contribution in [3.8, 4) is 0 Å². The van der Waals surface area contributed by atoms with Gasteiger partial charge in [0.25, 0.3) is 0 Å². The van der Waals surface area contributed by atoms with Crippen molar-refractivity contribution in [1.82, 2.24) is 0 Å². The second-order valence-electron chi connectivity index (χ2n) is 9.45. The molecular weight excluding hydrogens is 504 g/mol. The molecule has 0 aliphatic carbocycles. The van der Waals surface area contributed by atoms with Crippen LogP contribution in [-0.4, -0.2) is 58.5 Å². The quantitative estimate of drug-likeness (QED) is 0.0916. The summed E-state index contributed by atoms with van der Waals surface area (Å²) in [5.41, 5.74) is 0.329. The van der Waals surface area contributed by atoms with Gasteiger partial charge in [-0.1, -0.05) is 103 Å². The number of hydrogen-bond acceptors (Lipinski definition) is 5. The van der Waals surface area contributed by atoms with Crippen molar-refractivity contribution in [2.45, 2.75) is 43.7 Å². The maximum atomic E-state index is 13.7. The monoisotopic (exact) mass is 542 g/mol. The zero-order chi connectivity index (χ0) is 29.0. The minimum Gasteiger partial charge on any atom is -0.624 e. The smallest absolute Gasteiger partial charge is 0.196 e. The topological polar surface area (TPSA) is 90.8 Å². The van der Waals surface area contributed by atoms with Crippen LogP contribution in [0.4, 0.5) is 0 Å². The molecule has 0 heterocycles. The molecule has 0 aliphatic rings. The average molecular weight is 543 g/mol. The predicted molar refractivity (Wildman–Crippen MR) is 159 cm³/mol. The molecule has 3 aromatic carbocycles. The minimum atomic E-state index is -1.64. The predicted octanol–water partition coefficient (Wildman–Crippen LogP) is 5.38. The van der Waals surface area contributed by atoms with Crippen molar-refractivity contribution < 1.29 is 24.1 Å². The molecule has 7 heteroatoms. The summed E-state index contributed by atoms with van der Waals surface area (Å²) >= 11 is 0. The van der Waals surface area contributed by atoms with E-state index in [1.807, 2.05) is 66.7 Å². The first-order valence-electron chi connectivity index (χ1n) is 13.3. The Morgan fingerprint density at radius 2 is 1.12 bits per heavy atom. The second-order valence-corrected chi connectivity index (χ2v) is 9.45. The highest BCUT2D eigenvalue weighted by molar-refractivity contribution is 5.70. The summed E-state index contributed by atoms with van der Waals surface area (Å²) in [6.07, 6.45) is 3.89. The molecule has 0 bridgehead atoms. The van der Waals surface area contributed by atoms with Crippen LogP contribution in [0.2, 0.25) is 0 Å². The lowest BCUT2D eigenvalue weighted by Gasteiger charge is -2.34. The van der Waals surface area contributed by atoms with Crippen LogP contribution < -0.4 is 0 Å². The molecule has 0 aliphatic heterocycles. The van der Waals surface area contributed by atoms with Crippen molar-refractivity contribution in [2.75, 3.05) is 13.2 Å². The summed E-state index contributed by atoms with van der Waals surface area (Å²) in [5, 5.41) is 39.0. The van der Waals surface area contributed by atoms with E-state index in [-0.39, 0.29) is 13.2 Å². The second kappa shape index (κ2) is 14.9. The Morgan fingerprint density at radius 3 is 1.55 bits per heavy atom. The summed E-state index contributed by atoms with van der Waals surface area (Å²) in [5.74, 6) is 0. The molecule has 3 rings (SSSR count). The largest absolute Gasteiger partial charge is 0.624 e. The van der Waals surface area contributed by atoms with Crippen molar-refractivity contribution >= 4 is 12.4 Å². The highest BCUT2D eigenvalue weighted by atomic mass is 16.5. The van der Waals surface area contributed by atoms with Gasteiger partial charge >= 0.3 is 0 Å². The van der Waals surface area contributed by atoms with Gasteiger partial charge in [0, 0.05) is 19.4 Å². The van der Waals surface area contributed by atoms with Gasteiger partial charge in [-0.05, 0) is 11.1 Å². The van der Waals surface area contributed by atoms with Crippen LogP contribution in [0.25, 0.3) is 0 Å². The molecule has 0 unspecified atom stereocenters. The standard InChI is InChI=1S/C33H38N2O5/c1-5-22-39-31(24-34(37)26(3)28-16-10-7-11-17-28)32(40-23-6-2)25-35(38)27(4)33(36,29-18-12-8-13-19-29)30-20-14-9-15-21-30/h5-21,24-27,31-32,36H,1-2,22-23H2,3-4H3/b34-24-,35-25-/t26-,27-,31-,32-/m0/s1. The molecule has 0 amide bonds. The molecule has 210 valence electrons. The van der Waals surface area contributed by atoms with Gasteiger partial charge in [0.05, 0.1) is 13.2 Å². The number of hydroxylamine groups is 2. The van der Waals surface area contributed by atoms with Gasteiger partial charge in [-0.2, -0.15) is 0 Å². The van der Waals surface area contributed by atoms with Crippen LogP contribution in [0.15, 0.2) is 116 Å². The van der Waals surface area contributed by atoms with E-state index < -0.39 is 29.9 Å². The van der Waals surface area contributed by atoms with Crippen LogP contribution in [0.5, 0.6) is 0 Å². The molecule has 3 aromatic rings. The first-order chi connectivity index (χ1) is 19.3. The molecule has 1 N–H and O–H groups in total. The SMILES string of the molecule is C=CCO[C@@H](/C=[N+](\[O-])[C@@H](C)C(O)(c1ccccc1)c1ccccc1)[C@H](/C=[N+](\[O-])[C@@H](C)c1ccccc1)OCC=C. The molecule has 4 atom stereocenters. The lowest BCUT2D eigenvalue weighted by molar-refractivity contribution is -0.519. The summed E-state index contributed by atoms with van der Waals surface area (Å²) in [4.78, 5) is 0. The van der Waals surface area contributed by atoms with Gasteiger partial charge in [0.1, 0.15) is 0 Å². The van der Waals surface area contributed by atoms with Gasteiger partial charge < -0.3 is 25.0 Å². The van der Waals surface area contributed by atoms with Crippen molar-refractivity contribution in [2.24, 2.45) is 0 Å². The normalized spacial score (nSPS) is 15.6. The molecule has 0 radical (unpaired) electrons. The Balaban J connectivity index is 2.03. The highest BCUT2D eigenvalue weighted by Crippen LogP contribution is 2.34. The fourth-order valence-electron chi connectivity index (χ4n) is 4.45. The summed E-state index contributed by atoms with van der Waals surface area (Å²) in [7, 11) is 0. The molecule has 0 fully saturated rings. The van der Waals surface area contributed by atoms with Gasteiger partial charge in [-0.25, -0.2) is 9.48 Å². The maximum Gasteiger partial charge on any atom is 0.196 e. The van der Waals surface area contributed by atoms with E-state index in [0.717, 1.165) is 10.3 Å². The third-order valence-electron chi connectivity index (χ3n) is 6.80. The third kappa shape index (κ3) is 7.54. The summed E-state index contributed by atoms with van der Waals surface area (Å²) < 4.78 is 13.3. The average Bonchev–Trinajstić information content (AvgIpc) is 3.01. The minimum absolute atomic E-state index is 0.111. The van der Waals surface area contributed by atoms with Gasteiger partial charge in [-0.3, -0.25) is 0 Å². The fourth-order valence-corrected chi connectivity index (χ4v) is 4.45. The molecule has 0 spiro atoms. The Morgan fingerprint density at radius 1 is 0.725 bits per heavy atom. The Hall–Kier alpha value is -4.04. The zero-order valence-electron chi connectivity index (χ0n) is 23.1. The van der Waals surface area contributed by atoms with E-state index in [4.69, 9.17) is 9.47 Å². The van der Waals surface area contributed by atoms with Crippen LogP contribution in [0.1, 0.15) is 36.6 Å². The number of aliphatic hydroxyl groups is 1. The first-order valence-corrected chi connectivity index (χ1v) is 13.3. The molecular formula is C33H38N2O5. The van der Waals surface area contributed by atoms with Crippen LogP contribution in [-0.2, 0) is 15.1 Å². The van der Waals surface area contributed by atoms with Crippen LogP contribution in [0, 0.1) is 10.4 Å². The number of benzene rings is 3. The molecule has 0 aromatic heterocycles. The molecule has 0 saturated heterocycles. The number of ether oxygens (including phenoxy) is 2. The zero-order valence-corrected chi connectivity index (χ0v) is 23.1. The summed E-state index contributed by atoms with van der Waals surface area (Å²) in [6.45, 7) is 11.1. The van der Waals surface area contributed by atoms with Crippen LogP contribution >= 0.6 is 0 Å². The summed E-state index contributed by atoms with van der Waals surface area (Å²) in [6, 6.07) is 26.0. The number of hydrogen-bond donors (Lipinski definition) is 1. The van der Waals surface area contributed by atoms with Crippen molar-refractivity contribution in [3.05, 3.63) is 143 Å². The molecule has 40 heavy (non-hydrogen) atoms. The first kappa shape index (κ1) is 30.5. The van der Waals surface area contributed by atoms with Gasteiger partial charge in [-0.15, -0.1) is 13.2 Å². The third-order valence-corrected chi connectivity index (χ3v) is 6.80. The van der Waals surface area contributed by atoms with E-state index >= 15 is 0 Å². The van der Waals surface area contributed by atoms with E-state index in [1.165, 1.54) is 12.4 Å². The van der Waals surface area contributed by atoms with Crippen molar-refractivity contribution in [3.63, 3.8) is 0 Å². The van der Waals surface area contributed by atoms with Crippen LogP contribution in [0.3, 0.4) is 0 Å². The Bertz CT molecular complexity index is 1220. The Kier molecular flexibility index (Phi) is 11.4. The molecule has 0 saturated carbocycles. The number of nitrogens with zero attached hydrogens (tertiary/aromatic N) is 2. The highest BCUT2D eigenvalue weighted by Gasteiger charge is 2.43.